The van der Waals surface area contributed by atoms with Crippen LogP contribution >= 0.6 is 0 Å². The average molecular weight is 388 g/mol. The van der Waals surface area contributed by atoms with Crippen molar-refractivity contribution in [3.8, 4) is 0 Å². The molecule has 0 spiro atoms. The molecule has 6 heteroatoms. The molecule has 3 aliphatic rings. The maximum absolute atomic E-state index is 13.1. The summed E-state index contributed by atoms with van der Waals surface area (Å²) in [7, 11) is 0. The van der Waals surface area contributed by atoms with Gasteiger partial charge in [-0.25, -0.2) is 4.98 Å². The first-order valence-electron chi connectivity index (χ1n) is 11.5. The first-order valence-corrected chi connectivity index (χ1v) is 11.5. The SMILES string of the molecule is O=C(c1ncc[nH]1)N(CCN1CCCCC1)C[C@H]1CCCN(C2CCCC2)C1. The van der Waals surface area contributed by atoms with Crippen molar-refractivity contribution in [2.45, 2.75) is 63.8 Å². The predicted octanol–water partition coefficient (Wildman–Crippen LogP) is 2.99. The maximum atomic E-state index is 13.1. The van der Waals surface area contributed by atoms with Crippen LogP contribution in [0.2, 0.25) is 0 Å². The molecule has 1 aromatic rings. The Labute approximate surface area is 169 Å². The average Bonchev–Trinajstić information content (AvgIpc) is 3.46. The lowest BCUT2D eigenvalue weighted by Crippen LogP contribution is -2.47. The molecule has 2 aliphatic heterocycles. The van der Waals surface area contributed by atoms with Gasteiger partial charge in [0.2, 0.25) is 0 Å². The molecule has 3 heterocycles. The van der Waals surface area contributed by atoms with Crippen LogP contribution in [0.3, 0.4) is 0 Å². The molecule has 0 aromatic carbocycles. The molecule has 0 unspecified atom stereocenters. The normalized spacial score (nSPS) is 25.2. The fraction of sp³-hybridized carbons (Fsp3) is 0.818. The van der Waals surface area contributed by atoms with Crippen LogP contribution in [-0.2, 0) is 0 Å². The highest BCUT2D eigenvalue weighted by Gasteiger charge is 2.30. The van der Waals surface area contributed by atoms with Gasteiger partial charge in [0.25, 0.3) is 5.91 Å². The van der Waals surface area contributed by atoms with Gasteiger partial charge < -0.3 is 19.7 Å². The summed E-state index contributed by atoms with van der Waals surface area (Å²) in [5.74, 6) is 1.15. The molecule has 0 radical (unpaired) electrons. The second-order valence-electron chi connectivity index (χ2n) is 9.03. The molecule has 28 heavy (non-hydrogen) atoms. The molecule has 1 amide bonds. The van der Waals surface area contributed by atoms with Crippen molar-refractivity contribution in [3.63, 3.8) is 0 Å². The monoisotopic (exact) mass is 387 g/mol. The summed E-state index contributed by atoms with van der Waals surface area (Å²) < 4.78 is 0. The number of carbonyl (C=O) groups excluding carboxylic acids is 1. The number of nitrogens with one attached hydrogen (secondary N) is 1. The minimum absolute atomic E-state index is 0.0694. The van der Waals surface area contributed by atoms with E-state index in [1.165, 1.54) is 77.4 Å². The van der Waals surface area contributed by atoms with Gasteiger partial charge in [-0.15, -0.1) is 0 Å². The van der Waals surface area contributed by atoms with Gasteiger partial charge in [-0.05, 0) is 64.1 Å². The predicted molar refractivity (Wildman–Crippen MR) is 111 cm³/mol. The van der Waals surface area contributed by atoms with Crippen molar-refractivity contribution in [1.29, 1.82) is 0 Å². The lowest BCUT2D eigenvalue weighted by Gasteiger charge is -2.39. The van der Waals surface area contributed by atoms with Gasteiger partial charge >= 0.3 is 0 Å². The van der Waals surface area contributed by atoms with Crippen molar-refractivity contribution in [3.05, 3.63) is 18.2 Å². The summed E-state index contributed by atoms with van der Waals surface area (Å²) in [5, 5.41) is 0. The molecule has 0 bridgehead atoms. The van der Waals surface area contributed by atoms with E-state index in [1.54, 1.807) is 12.4 Å². The van der Waals surface area contributed by atoms with E-state index in [9.17, 15) is 4.79 Å². The second kappa shape index (κ2) is 9.88. The molecule has 1 N–H and O–H groups in total. The molecule has 1 aliphatic carbocycles. The summed E-state index contributed by atoms with van der Waals surface area (Å²) in [6, 6.07) is 0.797. The first-order chi connectivity index (χ1) is 13.8. The third kappa shape index (κ3) is 5.15. The van der Waals surface area contributed by atoms with E-state index in [0.29, 0.717) is 11.7 Å². The van der Waals surface area contributed by atoms with Crippen molar-refractivity contribution in [2.24, 2.45) is 5.92 Å². The summed E-state index contributed by atoms with van der Waals surface area (Å²) in [6.45, 7) is 7.46. The summed E-state index contributed by atoms with van der Waals surface area (Å²) in [4.78, 5) is 27.7. The second-order valence-corrected chi connectivity index (χ2v) is 9.03. The Kier molecular flexibility index (Phi) is 7.02. The van der Waals surface area contributed by atoms with Crippen molar-refractivity contribution < 1.29 is 4.79 Å². The Bertz CT molecular complexity index is 592. The lowest BCUT2D eigenvalue weighted by atomic mass is 9.95. The van der Waals surface area contributed by atoms with Crippen LogP contribution in [0.5, 0.6) is 0 Å². The number of aromatic nitrogens is 2. The zero-order valence-electron chi connectivity index (χ0n) is 17.3. The molecule has 4 rings (SSSR count). The number of rotatable bonds is 7. The van der Waals surface area contributed by atoms with E-state index in [-0.39, 0.29) is 5.91 Å². The molecule has 1 aromatic heterocycles. The smallest absolute Gasteiger partial charge is 0.289 e. The Morgan fingerprint density at radius 1 is 1.07 bits per heavy atom. The van der Waals surface area contributed by atoms with Crippen LogP contribution in [-0.4, -0.2) is 82.4 Å². The minimum atomic E-state index is 0.0694. The number of hydrogen-bond acceptors (Lipinski definition) is 4. The zero-order valence-corrected chi connectivity index (χ0v) is 17.3. The van der Waals surface area contributed by atoms with Gasteiger partial charge in [-0.3, -0.25) is 4.79 Å². The van der Waals surface area contributed by atoms with Gasteiger partial charge in [0, 0.05) is 44.6 Å². The van der Waals surface area contributed by atoms with Gasteiger partial charge in [0.05, 0.1) is 0 Å². The Hall–Kier alpha value is -1.40. The number of piperidine rings is 2. The summed E-state index contributed by atoms with van der Waals surface area (Å²) in [5.41, 5.74) is 0. The van der Waals surface area contributed by atoms with Crippen molar-refractivity contribution >= 4 is 5.91 Å². The third-order valence-corrected chi connectivity index (χ3v) is 6.99. The van der Waals surface area contributed by atoms with Gasteiger partial charge in [-0.1, -0.05) is 19.3 Å². The fourth-order valence-corrected chi connectivity index (χ4v) is 5.41. The minimum Gasteiger partial charge on any atom is -0.341 e. The number of amides is 1. The summed E-state index contributed by atoms with van der Waals surface area (Å²) >= 11 is 0. The van der Waals surface area contributed by atoms with Gasteiger partial charge in [-0.2, -0.15) is 0 Å². The quantitative estimate of drug-likeness (QED) is 0.781. The zero-order chi connectivity index (χ0) is 19.2. The highest BCUT2D eigenvalue weighted by Crippen LogP contribution is 2.28. The molecule has 1 saturated carbocycles. The van der Waals surface area contributed by atoms with Crippen LogP contribution in [0, 0.1) is 5.92 Å². The number of hydrogen-bond donors (Lipinski definition) is 1. The first kappa shape index (κ1) is 19.9. The largest absolute Gasteiger partial charge is 0.341 e. The fourth-order valence-electron chi connectivity index (χ4n) is 5.41. The van der Waals surface area contributed by atoms with Crippen molar-refractivity contribution in [2.75, 3.05) is 45.8 Å². The molecular weight excluding hydrogens is 350 g/mol. The number of likely N-dealkylation sites (tertiary alicyclic amines) is 2. The lowest BCUT2D eigenvalue weighted by molar-refractivity contribution is 0.0600. The molecular formula is C22H37N5O. The molecule has 6 nitrogen and oxygen atoms in total. The van der Waals surface area contributed by atoms with Gasteiger partial charge in [0.1, 0.15) is 0 Å². The topological polar surface area (TPSA) is 55.5 Å². The molecule has 3 fully saturated rings. The molecule has 2 saturated heterocycles. The van der Waals surface area contributed by atoms with E-state index >= 15 is 0 Å². The van der Waals surface area contributed by atoms with Crippen LogP contribution < -0.4 is 0 Å². The number of nitrogens with zero attached hydrogens (tertiary/aromatic N) is 4. The van der Waals surface area contributed by atoms with Gasteiger partial charge in [0.15, 0.2) is 5.82 Å². The van der Waals surface area contributed by atoms with E-state index < -0.39 is 0 Å². The standard InChI is InChI=1S/C22H37N5O/c28-22(21-23-10-11-24-21)27(16-15-25-12-4-1-5-13-25)18-19-7-6-14-26(17-19)20-8-2-3-9-20/h10-11,19-20H,1-9,12-18H2,(H,23,24)/t19-/m0/s1. The highest BCUT2D eigenvalue weighted by atomic mass is 16.2. The van der Waals surface area contributed by atoms with Crippen LogP contribution in [0.15, 0.2) is 12.4 Å². The Balaban J connectivity index is 1.36. The van der Waals surface area contributed by atoms with Crippen LogP contribution in [0.4, 0.5) is 0 Å². The maximum Gasteiger partial charge on any atom is 0.289 e. The van der Waals surface area contributed by atoms with Crippen LogP contribution in [0.1, 0.15) is 68.4 Å². The van der Waals surface area contributed by atoms with Crippen molar-refractivity contribution in [1.82, 2.24) is 24.7 Å². The van der Waals surface area contributed by atoms with E-state index in [1.807, 2.05) is 0 Å². The molecule has 1 atom stereocenters. The number of aromatic amines is 1. The number of carbonyl (C=O) groups is 1. The van der Waals surface area contributed by atoms with E-state index in [2.05, 4.69) is 24.7 Å². The Morgan fingerprint density at radius 2 is 1.89 bits per heavy atom. The highest BCUT2D eigenvalue weighted by molar-refractivity contribution is 5.90. The van der Waals surface area contributed by atoms with E-state index in [4.69, 9.17) is 0 Å². The Morgan fingerprint density at radius 3 is 2.64 bits per heavy atom. The van der Waals surface area contributed by atoms with Crippen LogP contribution in [0.25, 0.3) is 0 Å². The van der Waals surface area contributed by atoms with E-state index in [0.717, 1.165) is 32.2 Å². The molecule has 156 valence electrons. The number of imidazole rings is 1. The third-order valence-electron chi connectivity index (χ3n) is 6.99. The number of H-pyrrole nitrogens is 1. The summed E-state index contributed by atoms with van der Waals surface area (Å²) in [6.07, 6.45) is 15.4.